The molecule has 0 bridgehead atoms. The zero-order valence-electron chi connectivity index (χ0n) is 12.4. The first-order chi connectivity index (χ1) is 8.61. The fourth-order valence-electron chi connectivity index (χ4n) is 3.03. The first-order valence-corrected chi connectivity index (χ1v) is 7.24. The summed E-state index contributed by atoms with van der Waals surface area (Å²) in [6, 6.07) is 2.00. The van der Waals surface area contributed by atoms with Gasteiger partial charge in [0, 0.05) is 44.9 Å². The van der Waals surface area contributed by atoms with Crippen LogP contribution < -0.4 is 5.32 Å². The highest BCUT2D eigenvalue weighted by atomic mass is 16.5. The molecule has 0 spiro atoms. The highest BCUT2D eigenvalue weighted by molar-refractivity contribution is 4.92. The molecule has 0 radical (unpaired) electrons. The van der Waals surface area contributed by atoms with Crippen LogP contribution >= 0.6 is 0 Å². The molecular formula is C14H29N3O. The Hall–Kier alpha value is -0.160. The first kappa shape index (κ1) is 14.3. The lowest BCUT2D eigenvalue weighted by atomic mass is 10.1. The van der Waals surface area contributed by atoms with Gasteiger partial charge in [-0.2, -0.15) is 0 Å². The van der Waals surface area contributed by atoms with Gasteiger partial charge in [-0.1, -0.05) is 6.92 Å². The van der Waals surface area contributed by atoms with Crippen LogP contribution in [0.25, 0.3) is 0 Å². The van der Waals surface area contributed by atoms with E-state index >= 15 is 0 Å². The number of methoxy groups -OCH3 is 1. The summed E-state index contributed by atoms with van der Waals surface area (Å²) in [5.41, 5.74) is 0. The molecule has 2 fully saturated rings. The van der Waals surface area contributed by atoms with Crippen molar-refractivity contribution in [3.05, 3.63) is 0 Å². The summed E-state index contributed by atoms with van der Waals surface area (Å²) >= 11 is 0. The van der Waals surface area contributed by atoms with E-state index in [1.807, 2.05) is 7.11 Å². The second-order valence-electron chi connectivity index (χ2n) is 6.25. The van der Waals surface area contributed by atoms with Crippen LogP contribution in [0.3, 0.4) is 0 Å². The molecular weight excluding hydrogens is 226 g/mol. The normalized spacial score (nSPS) is 31.2. The van der Waals surface area contributed by atoms with Gasteiger partial charge in [0.15, 0.2) is 0 Å². The number of hydrogen-bond acceptors (Lipinski definition) is 4. The van der Waals surface area contributed by atoms with Crippen molar-refractivity contribution in [3.8, 4) is 0 Å². The summed E-state index contributed by atoms with van der Waals surface area (Å²) in [5.74, 6) is 0.750. The molecule has 0 amide bonds. The van der Waals surface area contributed by atoms with Crippen molar-refractivity contribution in [2.75, 3.05) is 47.4 Å². The lowest BCUT2D eigenvalue weighted by Crippen LogP contribution is -2.45. The molecule has 0 aromatic rings. The molecule has 4 nitrogen and oxygen atoms in total. The summed E-state index contributed by atoms with van der Waals surface area (Å²) in [6.45, 7) is 6.65. The van der Waals surface area contributed by atoms with Crippen LogP contribution in [0.4, 0.5) is 0 Å². The highest BCUT2D eigenvalue weighted by Gasteiger charge is 2.35. The maximum Gasteiger partial charge on any atom is 0.0630 e. The van der Waals surface area contributed by atoms with Gasteiger partial charge in [-0.05, 0) is 32.9 Å². The van der Waals surface area contributed by atoms with E-state index in [0.717, 1.165) is 25.1 Å². The van der Waals surface area contributed by atoms with E-state index in [9.17, 15) is 0 Å². The maximum atomic E-state index is 5.40. The van der Waals surface area contributed by atoms with Gasteiger partial charge in [0.05, 0.1) is 6.61 Å². The largest absolute Gasteiger partial charge is 0.383 e. The van der Waals surface area contributed by atoms with Crippen LogP contribution in [0.5, 0.6) is 0 Å². The summed E-state index contributed by atoms with van der Waals surface area (Å²) in [5, 5.41) is 3.64. The summed E-state index contributed by atoms with van der Waals surface area (Å²) < 4.78 is 5.40. The van der Waals surface area contributed by atoms with Crippen LogP contribution in [0.15, 0.2) is 0 Å². The molecule has 2 rings (SSSR count). The van der Waals surface area contributed by atoms with E-state index in [-0.39, 0.29) is 0 Å². The van der Waals surface area contributed by atoms with Crippen molar-refractivity contribution in [2.24, 2.45) is 5.92 Å². The minimum absolute atomic E-state index is 0.531. The second kappa shape index (κ2) is 6.33. The van der Waals surface area contributed by atoms with Gasteiger partial charge < -0.3 is 15.0 Å². The predicted octanol–water partition coefficient (Wildman–Crippen LogP) is 0.635. The minimum Gasteiger partial charge on any atom is -0.383 e. The average molecular weight is 255 g/mol. The molecule has 1 aliphatic heterocycles. The molecule has 2 aliphatic rings. The van der Waals surface area contributed by atoms with E-state index in [4.69, 9.17) is 4.74 Å². The zero-order valence-corrected chi connectivity index (χ0v) is 12.4. The summed E-state index contributed by atoms with van der Waals surface area (Å²) in [4.78, 5) is 4.97. The van der Waals surface area contributed by atoms with Gasteiger partial charge in [-0.15, -0.1) is 0 Å². The Morgan fingerprint density at radius 3 is 2.56 bits per heavy atom. The lowest BCUT2D eigenvalue weighted by Gasteiger charge is -2.28. The van der Waals surface area contributed by atoms with Crippen LogP contribution in [0, 0.1) is 5.92 Å². The van der Waals surface area contributed by atoms with Crippen LogP contribution in [0.2, 0.25) is 0 Å². The maximum absolute atomic E-state index is 5.40. The van der Waals surface area contributed by atoms with Gasteiger partial charge in [0.2, 0.25) is 0 Å². The van der Waals surface area contributed by atoms with Crippen molar-refractivity contribution in [1.82, 2.24) is 15.1 Å². The third kappa shape index (κ3) is 3.67. The van der Waals surface area contributed by atoms with E-state index in [1.54, 1.807) is 0 Å². The smallest absolute Gasteiger partial charge is 0.0630 e. The Labute approximate surface area is 112 Å². The Balaban J connectivity index is 1.85. The van der Waals surface area contributed by atoms with Gasteiger partial charge >= 0.3 is 0 Å². The van der Waals surface area contributed by atoms with Crippen molar-refractivity contribution in [1.29, 1.82) is 0 Å². The zero-order chi connectivity index (χ0) is 13.1. The number of hydrogen-bond donors (Lipinski definition) is 1. The highest BCUT2D eigenvalue weighted by Crippen LogP contribution is 2.23. The fourth-order valence-corrected chi connectivity index (χ4v) is 3.03. The molecule has 18 heavy (non-hydrogen) atoms. The topological polar surface area (TPSA) is 27.7 Å². The molecule has 1 saturated heterocycles. The number of likely N-dealkylation sites (tertiary alicyclic amines) is 1. The van der Waals surface area contributed by atoms with Crippen LogP contribution in [-0.4, -0.2) is 75.4 Å². The molecule has 3 atom stereocenters. The van der Waals surface area contributed by atoms with Crippen molar-refractivity contribution >= 4 is 0 Å². The monoisotopic (exact) mass is 255 g/mol. The van der Waals surface area contributed by atoms with Crippen LogP contribution in [-0.2, 0) is 4.74 Å². The Bertz CT molecular complexity index is 255. The van der Waals surface area contributed by atoms with E-state index in [0.29, 0.717) is 12.1 Å². The van der Waals surface area contributed by atoms with Crippen LogP contribution in [0.1, 0.15) is 19.8 Å². The SMILES string of the molecule is COCC(CNC1CC1)N1CC(C)C(N(C)C)C1. The molecule has 106 valence electrons. The predicted molar refractivity (Wildman–Crippen MR) is 74.9 cm³/mol. The molecule has 1 saturated carbocycles. The van der Waals surface area contributed by atoms with Gasteiger partial charge in [-0.25, -0.2) is 0 Å². The Morgan fingerprint density at radius 2 is 2.06 bits per heavy atom. The second-order valence-corrected chi connectivity index (χ2v) is 6.25. The molecule has 1 N–H and O–H groups in total. The number of rotatable bonds is 7. The number of nitrogens with one attached hydrogen (secondary N) is 1. The minimum atomic E-state index is 0.531. The van der Waals surface area contributed by atoms with Crippen molar-refractivity contribution < 1.29 is 4.74 Å². The molecule has 1 heterocycles. The third-order valence-electron chi connectivity index (χ3n) is 4.36. The summed E-state index contributed by atoms with van der Waals surface area (Å²) in [6.07, 6.45) is 2.72. The number of likely N-dealkylation sites (N-methyl/N-ethyl adjacent to an activating group) is 1. The van der Waals surface area contributed by atoms with Crippen molar-refractivity contribution in [2.45, 2.75) is 37.9 Å². The molecule has 3 unspecified atom stereocenters. The average Bonchev–Trinajstić information content (AvgIpc) is 3.06. The van der Waals surface area contributed by atoms with E-state index in [1.165, 1.54) is 25.9 Å². The first-order valence-electron chi connectivity index (χ1n) is 7.24. The van der Waals surface area contributed by atoms with Crippen molar-refractivity contribution in [3.63, 3.8) is 0 Å². The number of nitrogens with zero attached hydrogens (tertiary/aromatic N) is 2. The molecule has 1 aliphatic carbocycles. The lowest BCUT2D eigenvalue weighted by molar-refractivity contribution is 0.0990. The third-order valence-corrected chi connectivity index (χ3v) is 4.36. The summed E-state index contributed by atoms with van der Waals surface area (Å²) in [7, 11) is 6.20. The standard InChI is InChI=1S/C14H29N3O/c1-11-8-17(9-14(11)16(2)3)13(10-18-4)7-15-12-5-6-12/h11-15H,5-10H2,1-4H3. The van der Waals surface area contributed by atoms with Gasteiger partial charge in [-0.3, -0.25) is 4.90 Å². The van der Waals surface area contributed by atoms with E-state index in [2.05, 4.69) is 36.1 Å². The quantitative estimate of drug-likeness (QED) is 0.722. The Morgan fingerprint density at radius 1 is 1.33 bits per heavy atom. The van der Waals surface area contributed by atoms with E-state index < -0.39 is 0 Å². The van der Waals surface area contributed by atoms with Gasteiger partial charge in [0.1, 0.15) is 0 Å². The molecule has 4 heteroatoms. The van der Waals surface area contributed by atoms with Gasteiger partial charge in [0.25, 0.3) is 0 Å². The number of ether oxygens (including phenoxy) is 1. The Kier molecular flexibility index (Phi) is 5.01. The molecule has 0 aromatic carbocycles. The fraction of sp³-hybridized carbons (Fsp3) is 1.00. The molecule has 0 aromatic heterocycles.